The zero-order valence-corrected chi connectivity index (χ0v) is 15.7. The van der Waals surface area contributed by atoms with Crippen LogP contribution in [-0.4, -0.2) is 26.3 Å². The number of aromatic nitrogens is 3. The van der Waals surface area contributed by atoms with E-state index in [-0.39, 0.29) is 12.4 Å². The number of nitrogens with zero attached hydrogens (tertiary/aromatic N) is 4. The van der Waals surface area contributed by atoms with E-state index in [1.165, 1.54) is 11.6 Å². The van der Waals surface area contributed by atoms with Crippen LogP contribution in [0, 0.1) is 5.82 Å². The normalized spacial score (nSPS) is 13.2. The van der Waals surface area contributed by atoms with Gasteiger partial charge in [-0.15, -0.1) is 10.2 Å². The molecular weight excluding hydrogens is 363 g/mol. The van der Waals surface area contributed by atoms with Gasteiger partial charge in [0.1, 0.15) is 6.61 Å². The summed E-state index contributed by atoms with van der Waals surface area (Å²) in [6.45, 7) is 2.27. The van der Waals surface area contributed by atoms with E-state index in [0.717, 1.165) is 29.9 Å². The molecule has 0 bridgehead atoms. The molecule has 2 heterocycles. The van der Waals surface area contributed by atoms with Crippen LogP contribution in [0.1, 0.15) is 30.3 Å². The zero-order valence-electron chi connectivity index (χ0n) is 14.9. The first kappa shape index (κ1) is 17.7. The molecule has 5 nitrogen and oxygen atoms in total. The van der Waals surface area contributed by atoms with Gasteiger partial charge in [-0.3, -0.25) is 0 Å². The minimum absolute atomic E-state index is 0.0979. The van der Waals surface area contributed by atoms with Gasteiger partial charge in [0.15, 0.2) is 17.4 Å². The van der Waals surface area contributed by atoms with E-state index in [9.17, 15) is 4.39 Å². The SMILES string of the molecule is CCCc1ccc(C2=Nn3c(COc4ccccc4F)nnc3SC2)cc1. The first-order valence-corrected chi connectivity index (χ1v) is 9.84. The molecule has 0 spiro atoms. The van der Waals surface area contributed by atoms with Crippen LogP contribution in [-0.2, 0) is 13.0 Å². The van der Waals surface area contributed by atoms with Gasteiger partial charge < -0.3 is 4.74 Å². The Bertz CT molecular complexity index is 968. The summed E-state index contributed by atoms with van der Waals surface area (Å²) >= 11 is 1.58. The Labute approximate surface area is 161 Å². The van der Waals surface area contributed by atoms with Crippen molar-refractivity contribution in [3.63, 3.8) is 0 Å². The third-order valence-corrected chi connectivity index (χ3v) is 5.19. The van der Waals surface area contributed by atoms with E-state index in [1.54, 1.807) is 34.6 Å². The molecule has 138 valence electrons. The lowest BCUT2D eigenvalue weighted by Crippen LogP contribution is -2.15. The molecular formula is C20H19FN4OS. The van der Waals surface area contributed by atoms with Crippen LogP contribution in [0.5, 0.6) is 5.75 Å². The van der Waals surface area contributed by atoms with Gasteiger partial charge in [0.2, 0.25) is 5.16 Å². The minimum Gasteiger partial charge on any atom is -0.482 e. The molecule has 3 aromatic rings. The number of fused-ring (bicyclic) bond motifs is 1. The molecule has 0 unspecified atom stereocenters. The van der Waals surface area contributed by atoms with E-state index in [4.69, 9.17) is 9.84 Å². The average Bonchev–Trinajstić information content (AvgIpc) is 3.10. The number of aryl methyl sites for hydroxylation is 1. The Morgan fingerprint density at radius 1 is 1.11 bits per heavy atom. The van der Waals surface area contributed by atoms with Gasteiger partial charge in [0.05, 0.1) is 5.71 Å². The van der Waals surface area contributed by atoms with E-state index >= 15 is 0 Å². The Morgan fingerprint density at radius 3 is 2.70 bits per heavy atom. The summed E-state index contributed by atoms with van der Waals surface area (Å²) < 4.78 is 21.0. The fraction of sp³-hybridized carbons (Fsp3) is 0.250. The fourth-order valence-corrected chi connectivity index (χ4v) is 3.71. The lowest BCUT2D eigenvalue weighted by atomic mass is 10.1. The van der Waals surface area contributed by atoms with Crippen molar-refractivity contribution in [2.75, 3.05) is 5.75 Å². The van der Waals surface area contributed by atoms with Crippen LogP contribution >= 0.6 is 11.8 Å². The van der Waals surface area contributed by atoms with Crippen LogP contribution < -0.4 is 4.74 Å². The van der Waals surface area contributed by atoms with Gasteiger partial charge in [-0.25, -0.2) is 4.39 Å². The predicted octanol–water partition coefficient (Wildman–Crippen LogP) is 4.31. The summed E-state index contributed by atoms with van der Waals surface area (Å²) in [5.41, 5.74) is 3.37. The van der Waals surface area contributed by atoms with Gasteiger partial charge in [-0.1, -0.05) is 61.5 Å². The van der Waals surface area contributed by atoms with Gasteiger partial charge in [-0.2, -0.15) is 9.78 Å². The number of rotatable bonds is 6. The summed E-state index contributed by atoms with van der Waals surface area (Å²) in [5.74, 6) is 1.07. The molecule has 7 heteroatoms. The molecule has 1 aliphatic heterocycles. The Morgan fingerprint density at radius 2 is 1.93 bits per heavy atom. The highest BCUT2D eigenvalue weighted by Crippen LogP contribution is 2.25. The van der Waals surface area contributed by atoms with Crippen molar-refractivity contribution in [3.05, 3.63) is 71.3 Å². The molecule has 4 rings (SSSR count). The topological polar surface area (TPSA) is 52.3 Å². The first-order valence-electron chi connectivity index (χ1n) is 8.86. The van der Waals surface area contributed by atoms with Crippen LogP contribution in [0.15, 0.2) is 58.8 Å². The number of thioether (sulfide) groups is 1. The maximum Gasteiger partial charge on any atom is 0.212 e. The number of halogens is 1. The summed E-state index contributed by atoms with van der Waals surface area (Å²) in [6.07, 6.45) is 2.21. The van der Waals surface area contributed by atoms with E-state index in [1.807, 2.05) is 0 Å². The van der Waals surface area contributed by atoms with Crippen molar-refractivity contribution in [3.8, 4) is 5.75 Å². The third kappa shape index (κ3) is 3.88. The molecule has 0 saturated heterocycles. The largest absolute Gasteiger partial charge is 0.482 e. The Balaban J connectivity index is 1.55. The van der Waals surface area contributed by atoms with Crippen LogP contribution in [0.2, 0.25) is 0 Å². The highest BCUT2D eigenvalue weighted by molar-refractivity contribution is 7.99. The second-order valence-electron chi connectivity index (χ2n) is 6.21. The molecule has 2 aromatic carbocycles. The molecule has 0 radical (unpaired) electrons. The Kier molecular flexibility index (Phi) is 5.20. The van der Waals surface area contributed by atoms with Crippen LogP contribution in [0.25, 0.3) is 0 Å². The van der Waals surface area contributed by atoms with Crippen molar-refractivity contribution >= 4 is 17.5 Å². The number of hydrogen-bond donors (Lipinski definition) is 0. The zero-order chi connectivity index (χ0) is 18.6. The van der Waals surface area contributed by atoms with Gasteiger partial charge in [0.25, 0.3) is 0 Å². The van der Waals surface area contributed by atoms with Gasteiger partial charge >= 0.3 is 0 Å². The van der Waals surface area contributed by atoms with Crippen LogP contribution in [0.3, 0.4) is 0 Å². The molecule has 0 fully saturated rings. The predicted molar refractivity (Wildman–Crippen MR) is 104 cm³/mol. The highest BCUT2D eigenvalue weighted by atomic mass is 32.2. The van der Waals surface area contributed by atoms with Crippen molar-refractivity contribution in [1.82, 2.24) is 14.9 Å². The first-order chi connectivity index (χ1) is 13.2. The van der Waals surface area contributed by atoms with Crippen molar-refractivity contribution in [2.45, 2.75) is 31.5 Å². The third-order valence-electron chi connectivity index (χ3n) is 4.25. The molecule has 0 aliphatic carbocycles. The molecule has 1 aromatic heterocycles. The number of hydrogen-bond acceptors (Lipinski definition) is 5. The average molecular weight is 382 g/mol. The molecule has 1 aliphatic rings. The molecule has 0 saturated carbocycles. The van der Waals surface area contributed by atoms with E-state index < -0.39 is 5.82 Å². The summed E-state index contributed by atoms with van der Waals surface area (Å²) in [5, 5.41) is 13.7. The lowest BCUT2D eigenvalue weighted by Gasteiger charge is -2.14. The second-order valence-corrected chi connectivity index (χ2v) is 7.15. The molecule has 0 atom stereocenters. The number of para-hydroxylation sites is 1. The fourth-order valence-electron chi connectivity index (χ4n) is 2.86. The maximum absolute atomic E-state index is 13.7. The molecule has 27 heavy (non-hydrogen) atoms. The Hall–Kier alpha value is -2.67. The standard InChI is InChI=1S/C20H19FN4OS/c1-2-5-14-8-10-15(11-9-14)17-13-27-20-23-22-19(25(20)24-17)12-26-18-7-4-3-6-16(18)21/h3-4,6-11H,2,5,12-13H2,1H3. The smallest absolute Gasteiger partial charge is 0.212 e. The van der Waals surface area contributed by atoms with Gasteiger partial charge in [0, 0.05) is 5.75 Å². The summed E-state index contributed by atoms with van der Waals surface area (Å²) in [7, 11) is 0. The van der Waals surface area contributed by atoms with Gasteiger partial charge in [-0.05, 0) is 29.7 Å². The molecule has 0 amide bonds. The number of benzene rings is 2. The monoisotopic (exact) mass is 382 g/mol. The minimum atomic E-state index is -0.401. The van der Waals surface area contributed by atoms with Crippen molar-refractivity contribution in [1.29, 1.82) is 0 Å². The number of ether oxygens (including phenoxy) is 1. The quantitative estimate of drug-likeness (QED) is 0.638. The van der Waals surface area contributed by atoms with E-state index in [2.05, 4.69) is 41.4 Å². The highest BCUT2D eigenvalue weighted by Gasteiger charge is 2.20. The maximum atomic E-state index is 13.7. The van der Waals surface area contributed by atoms with Crippen molar-refractivity contribution in [2.24, 2.45) is 5.10 Å². The summed E-state index contributed by atoms with van der Waals surface area (Å²) in [6, 6.07) is 14.8. The lowest BCUT2D eigenvalue weighted by molar-refractivity contribution is 0.275. The second kappa shape index (κ2) is 7.92. The van der Waals surface area contributed by atoms with E-state index in [0.29, 0.717) is 11.0 Å². The molecule has 0 N–H and O–H groups in total. The van der Waals surface area contributed by atoms with Crippen LogP contribution in [0.4, 0.5) is 4.39 Å². The summed E-state index contributed by atoms with van der Waals surface area (Å²) in [4.78, 5) is 0. The van der Waals surface area contributed by atoms with Crippen molar-refractivity contribution < 1.29 is 9.13 Å².